The van der Waals surface area contributed by atoms with E-state index in [1.54, 1.807) is 4.68 Å². The highest BCUT2D eigenvalue weighted by Gasteiger charge is 2.18. The first kappa shape index (κ1) is 6.11. The van der Waals surface area contributed by atoms with E-state index in [1.165, 1.54) is 11.8 Å². The van der Waals surface area contributed by atoms with Gasteiger partial charge in [-0.3, -0.25) is 0 Å². The minimum absolute atomic E-state index is 0.305. The van der Waals surface area contributed by atoms with E-state index in [9.17, 15) is 0 Å². The first-order valence-corrected chi connectivity index (χ1v) is 3.92. The molecule has 2 rings (SSSR count). The van der Waals surface area contributed by atoms with E-state index in [0.717, 1.165) is 5.16 Å². The lowest BCUT2D eigenvalue weighted by Crippen LogP contribution is -2.24. The summed E-state index contributed by atoms with van der Waals surface area (Å²) in [6.07, 6.45) is -0.305. The molecule has 1 N–H and O–H groups in total. The Morgan fingerprint density at radius 2 is 2.60 bits per heavy atom. The van der Waals surface area contributed by atoms with E-state index in [1.807, 2.05) is 0 Å². The van der Waals surface area contributed by atoms with Crippen molar-refractivity contribution < 1.29 is 5.11 Å². The fraction of sp³-hybridized carbons (Fsp3) is 0.750. The predicted octanol–water partition coefficient (Wildman–Crippen LogP) is -0.860. The molecule has 0 saturated carbocycles. The van der Waals surface area contributed by atoms with Crippen molar-refractivity contribution in [3.63, 3.8) is 0 Å². The molecule has 1 aromatic rings. The highest BCUT2D eigenvalue weighted by Crippen LogP contribution is 2.20. The third kappa shape index (κ3) is 0.889. The summed E-state index contributed by atoms with van der Waals surface area (Å²) in [6, 6.07) is 0. The largest absolute Gasteiger partial charge is 0.390 e. The van der Waals surface area contributed by atoms with Crippen molar-refractivity contribution in [1.82, 2.24) is 20.2 Å². The van der Waals surface area contributed by atoms with Gasteiger partial charge in [0.05, 0.1) is 12.6 Å². The summed E-state index contributed by atoms with van der Waals surface area (Å²) in [5.41, 5.74) is 0. The number of aromatic nitrogens is 4. The molecule has 0 radical (unpaired) electrons. The molecule has 0 amide bonds. The third-order valence-electron chi connectivity index (χ3n) is 1.29. The van der Waals surface area contributed by atoms with Gasteiger partial charge in [0.1, 0.15) is 0 Å². The Morgan fingerprint density at radius 1 is 1.70 bits per heavy atom. The lowest BCUT2D eigenvalue weighted by molar-refractivity contribution is 0.163. The zero-order valence-electron chi connectivity index (χ0n) is 5.14. The second-order valence-electron chi connectivity index (χ2n) is 2.11. The van der Waals surface area contributed by atoms with Crippen molar-refractivity contribution in [2.24, 2.45) is 0 Å². The van der Waals surface area contributed by atoms with Gasteiger partial charge in [0, 0.05) is 5.75 Å². The summed E-state index contributed by atoms with van der Waals surface area (Å²) >= 11 is 1.48. The summed E-state index contributed by atoms with van der Waals surface area (Å²) in [7, 11) is 0. The van der Waals surface area contributed by atoms with Crippen molar-refractivity contribution in [1.29, 1.82) is 0 Å². The van der Waals surface area contributed by atoms with Crippen LogP contribution in [0.3, 0.4) is 0 Å². The van der Waals surface area contributed by atoms with Crippen LogP contribution < -0.4 is 0 Å². The van der Waals surface area contributed by atoms with Gasteiger partial charge in [-0.05, 0) is 10.4 Å². The van der Waals surface area contributed by atoms with Gasteiger partial charge in [0.15, 0.2) is 0 Å². The molecule has 1 aliphatic rings. The van der Waals surface area contributed by atoms with Gasteiger partial charge >= 0.3 is 0 Å². The number of nitrogens with zero attached hydrogens (tertiary/aromatic N) is 4. The van der Waals surface area contributed by atoms with Gasteiger partial charge in [0.25, 0.3) is 0 Å². The molecule has 5 nitrogen and oxygen atoms in total. The normalized spacial score (nSPS) is 24.3. The van der Waals surface area contributed by atoms with E-state index in [4.69, 9.17) is 5.11 Å². The summed E-state index contributed by atoms with van der Waals surface area (Å²) in [6.45, 7) is 0.523. The average Bonchev–Trinajstić information content (AvgIpc) is 2.33. The fourth-order valence-electron chi connectivity index (χ4n) is 0.837. The maximum atomic E-state index is 9.14. The number of aliphatic hydroxyl groups is 1. The highest BCUT2D eigenvalue weighted by molar-refractivity contribution is 7.99. The molecule has 0 aromatic carbocycles. The molecule has 0 aliphatic carbocycles. The Hall–Kier alpha value is -0.620. The predicted molar refractivity (Wildman–Crippen MR) is 34.5 cm³/mol. The number of thioether (sulfide) groups is 1. The van der Waals surface area contributed by atoms with Crippen molar-refractivity contribution >= 4 is 11.8 Å². The van der Waals surface area contributed by atoms with Crippen LogP contribution in [0.2, 0.25) is 0 Å². The number of rotatable bonds is 0. The first-order chi connectivity index (χ1) is 4.86. The molecular formula is C4H6N4OS. The molecule has 10 heavy (non-hydrogen) atoms. The van der Waals surface area contributed by atoms with Crippen molar-refractivity contribution in [2.45, 2.75) is 17.8 Å². The first-order valence-electron chi connectivity index (χ1n) is 2.93. The number of hydrogen-bond acceptors (Lipinski definition) is 5. The zero-order valence-corrected chi connectivity index (χ0v) is 5.95. The van der Waals surface area contributed by atoms with Crippen LogP contribution in [0.15, 0.2) is 5.16 Å². The maximum absolute atomic E-state index is 9.14. The second kappa shape index (κ2) is 2.21. The van der Waals surface area contributed by atoms with Crippen LogP contribution in [0.1, 0.15) is 0 Å². The van der Waals surface area contributed by atoms with E-state index < -0.39 is 0 Å². The molecule has 0 unspecified atom stereocenters. The van der Waals surface area contributed by atoms with Gasteiger partial charge in [-0.25, -0.2) is 4.68 Å². The summed E-state index contributed by atoms with van der Waals surface area (Å²) in [5, 5.41) is 20.8. The van der Waals surface area contributed by atoms with Crippen LogP contribution in [-0.4, -0.2) is 37.2 Å². The van der Waals surface area contributed by atoms with Crippen molar-refractivity contribution in [2.75, 3.05) is 5.75 Å². The topological polar surface area (TPSA) is 63.8 Å². The molecule has 2 heterocycles. The maximum Gasteiger partial charge on any atom is 0.209 e. The van der Waals surface area contributed by atoms with Gasteiger partial charge in [-0.1, -0.05) is 11.8 Å². The van der Waals surface area contributed by atoms with Crippen LogP contribution in [-0.2, 0) is 6.54 Å². The van der Waals surface area contributed by atoms with E-state index in [0.29, 0.717) is 12.3 Å². The molecule has 0 saturated heterocycles. The van der Waals surface area contributed by atoms with Crippen molar-refractivity contribution in [3.8, 4) is 0 Å². The summed E-state index contributed by atoms with van der Waals surface area (Å²) in [5.74, 6) is 0.695. The quantitative estimate of drug-likeness (QED) is 0.532. The van der Waals surface area contributed by atoms with Gasteiger partial charge in [-0.15, -0.1) is 5.10 Å². The lowest BCUT2D eigenvalue weighted by atomic mass is 10.4. The Balaban J connectivity index is 2.30. The van der Waals surface area contributed by atoms with E-state index in [2.05, 4.69) is 15.5 Å². The minimum Gasteiger partial charge on any atom is -0.390 e. The Labute approximate surface area is 61.4 Å². The van der Waals surface area contributed by atoms with Crippen LogP contribution in [0, 0.1) is 0 Å². The fourth-order valence-corrected chi connectivity index (χ4v) is 1.64. The molecule has 0 fully saturated rings. The Bertz CT molecular complexity index is 237. The van der Waals surface area contributed by atoms with Crippen LogP contribution in [0.25, 0.3) is 0 Å². The summed E-state index contributed by atoms with van der Waals surface area (Å²) in [4.78, 5) is 0. The Kier molecular flexibility index (Phi) is 1.35. The monoisotopic (exact) mass is 158 g/mol. The summed E-state index contributed by atoms with van der Waals surface area (Å²) < 4.78 is 1.61. The molecule has 1 aliphatic heterocycles. The van der Waals surface area contributed by atoms with Crippen LogP contribution in [0.5, 0.6) is 0 Å². The molecule has 0 bridgehead atoms. The zero-order chi connectivity index (χ0) is 6.97. The average molecular weight is 158 g/mol. The number of aliphatic hydroxyl groups excluding tert-OH is 1. The molecule has 1 aromatic heterocycles. The SMILES string of the molecule is O[C@H]1CSc2nnnn2C1. The number of tetrazole rings is 1. The molecule has 54 valence electrons. The molecule has 6 heteroatoms. The number of fused-ring (bicyclic) bond motifs is 1. The molecule has 0 spiro atoms. The van der Waals surface area contributed by atoms with Gasteiger partial charge in [0.2, 0.25) is 5.16 Å². The third-order valence-corrected chi connectivity index (χ3v) is 2.39. The number of hydrogen-bond donors (Lipinski definition) is 1. The van der Waals surface area contributed by atoms with E-state index in [-0.39, 0.29) is 6.10 Å². The highest BCUT2D eigenvalue weighted by atomic mass is 32.2. The van der Waals surface area contributed by atoms with Gasteiger partial charge < -0.3 is 5.11 Å². The van der Waals surface area contributed by atoms with Crippen molar-refractivity contribution in [3.05, 3.63) is 0 Å². The smallest absolute Gasteiger partial charge is 0.209 e. The molecule has 1 atom stereocenters. The van der Waals surface area contributed by atoms with Gasteiger partial charge in [-0.2, -0.15) is 0 Å². The van der Waals surface area contributed by atoms with Crippen LogP contribution in [0.4, 0.5) is 0 Å². The Morgan fingerprint density at radius 3 is 3.50 bits per heavy atom. The van der Waals surface area contributed by atoms with Crippen LogP contribution >= 0.6 is 11.8 Å². The standard InChI is InChI=1S/C4H6N4OS/c9-3-1-8-4(10-2-3)5-6-7-8/h3,9H,1-2H2/t3-/m1/s1. The lowest BCUT2D eigenvalue weighted by Gasteiger charge is -2.14. The van der Waals surface area contributed by atoms with E-state index >= 15 is 0 Å². The second-order valence-corrected chi connectivity index (χ2v) is 3.10. The minimum atomic E-state index is -0.305. The molecular weight excluding hydrogens is 152 g/mol.